The average Bonchev–Trinajstić information content (AvgIpc) is 3.22. The Morgan fingerprint density at radius 3 is 2.50 bits per heavy atom. The second kappa shape index (κ2) is 10.3. The Morgan fingerprint density at radius 1 is 1.20 bits per heavy atom. The van der Waals surface area contributed by atoms with Crippen molar-refractivity contribution in [3.05, 3.63) is 46.3 Å². The van der Waals surface area contributed by atoms with Crippen LogP contribution in [0, 0.1) is 5.92 Å². The van der Waals surface area contributed by atoms with Crippen molar-refractivity contribution >= 4 is 38.5 Å². The molecule has 1 aliphatic rings. The molecule has 1 fully saturated rings. The lowest BCUT2D eigenvalue weighted by Crippen LogP contribution is -2.40. The van der Waals surface area contributed by atoms with Gasteiger partial charge in [0.05, 0.1) is 0 Å². The first-order valence-corrected chi connectivity index (χ1v) is 12.6. The van der Waals surface area contributed by atoms with Gasteiger partial charge in [0.15, 0.2) is 0 Å². The summed E-state index contributed by atoms with van der Waals surface area (Å²) in [5, 5.41) is 13.9. The molecule has 1 aliphatic heterocycles. The van der Waals surface area contributed by atoms with Crippen molar-refractivity contribution in [2.75, 3.05) is 18.4 Å². The Labute approximate surface area is 182 Å². The molecule has 1 saturated heterocycles. The minimum atomic E-state index is -3.50. The SMILES string of the molecule is CCC(CC)c1nnc(NC(=O)C2CCN(S(=O)(=O)/C=C/c3ccccc3)CC2)s1. The van der Waals surface area contributed by atoms with Gasteiger partial charge in [-0.1, -0.05) is 55.5 Å². The molecule has 2 heterocycles. The number of carbonyl (C=O) groups is 1. The molecule has 0 atom stereocenters. The number of nitrogens with one attached hydrogen (secondary N) is 1. The lowest BCUT2D eigenvalue weighted by atomic mass is 9.97. The summed E-state index contributed by atoms with van der Waals surface area (Å²) < 4.78 is 26.6. The van der Waals surface area contributed by atoms with Crippen LogP contribution >= 0.6 is 11.3 Å². The maximum Gasteiger partial charge on any atom is 0.236 e. The predicted molar refractivity (Wildman–Crippen MR) is 121 cm³/mol. The molecule has 2 aromatic rings. The van der Waals surface area contributed by atoms with Gasteiger partial charge in [0.25, 0.3) is 0 Å². The molecule has 162 valence electrons. The molecular weight excluding hydrogens is 420 g/mol. The lowest BCUT2D eigenvalue weighted by molar-refractivity contribution is -0.120. The van der Waals surface area contributed by atoms with Crippen LogP contribution in [-0.4, -0.2) is 41.9 Å². The Morgan fingerprint density at radius 2 is 1.87 bits per heavy atom. The Balaban J connectivity index is 1.53. The van der Waals surface area contributed by atoms with Crippen LogP contribution in [0.3, 0.4) is 0 Å². The number of benzene rings is 1. The van der Waals surface area contributed by atoms with E-state index in [1.807, 2.05) is 30.3 Å². The number of anilines is 1. The number of hydrogen-bond acceptors (Lipinski definition) is 6. The Bertz CT molecular complexity index is 961. The molecule has 0 spiro atoms. The number of hydrogen-bond donors (Lipinski definition) is 1. The van der Waals surface area contributed by atoms with E-state index >= 15 is 0 Å². The molecule has 1 aromatic carbocycles. The van der Waals surface area contributed by atoms with E-state index in [1.54, 1.807) is 6.08 Å². The summed E-state index contributed by atoms with van der Waals surface area (Å²) in [6, 6.07) is 9.32. The van der Waals surface area contributed by atoms with Crippen LogP contribution in [-0.2, 0) is 14.8 Å². The largest absolute Gasteiger partial charge is 0.300 e. The topological polar surface area (TPSA) is 92.3 Å². The number of carbonyl (C=O) groups excluding carboxylic acids is 1. The third kappa shape index (κ3) is 5.74. The Kier molecular flexibility index (Phi) is 7.74. The first kappa shape index (κ1) is 22.6. The standard InChI is InChI=1S/C21H28N4O3S2/c1-3-17(4-2)20-23-24-21(29-20)22-19(26)18-10-13-25(14-11-18)30(27,28)15-12-16-8-6-5-7-9-16/h5-9,12,15,17-18H,3-4,10-11,13-14H2,1-2H3,(H,22,24,26)/b15-12+. The first-order valence-electron chi connectivity index (χ1n) is 10.3. The van der Waals surface area contributed by atoms with Crippen LogP contribution in [0.1, 0.15) is 56.0 Å². The molecule has 0 bridgehead atoms. The molecule has 30 heavy (non-hydrogen) atoms. The van der Waals surface area contributed by atoms with Gasteiger partial charge in [0.2, 0.25) is 21.1 Å². The monoisotopic (exact) mass is 448 g/mol. The minimum absolute atomic E-state index is 0.112. The van der Waals surface area contributed by atoms with Crippen LogP contribution in [0.4, 0.5) is 5.13 Å². The minimum Gasteiger partial charge on any atom is -0.300 e. The molecule has 1 N–H and O–H groups in total. The van der Waals surface area contributed by atoms with E-state index in [2.05, 4.69) is 29.4 Å². The summed E-state index contributed by atoms with van der Waals surface area (Å²) in [4.78, 5) is 12.6. The maximum absolute atomic E-state index is 12.6. The zero-order chi connectivity index (χ0) is 21.6. The van der Waals surface area contributed by atoms with Crippen molar-refractivity contribution in [3.63, 3.8) is 0 Å². The normalized spacial score (nSPS) is 16.4. The Hall–Kier alpha value is -2.10. The number of nitrogens with zero attached hydrogens (tertiary/aromatic N) is 3. The molecule has 3 rings (SSSR count). The lowest BCUT2D eigenvalue weighted by Gasteiger charge is -2.29. The maximum atomic E-state index is 12.6. The second-order valence-electron chi connectivity index (χ2n) is 7.38. The van der Waals surface area contributed by atoms with Crippen LogP contribution in [0.25, 0.3) is 6.08 Å². The molecule has 0 unspecified atom stereocenters. The van der Waals surface area contributed by atoms with Crippen LogP contribution in [0.15, 0.2) is 35.7 Å². The third-order valence-corrected chi connectivity index (χ3v) is 7.99. The third-order valence-electron chi connectivity index (χ3n) is 5.42. The highest BCUT2D eigenvalue weighted by atomic mass is 32.2. The number of rotatable bonds is 8. The fourth-order valence-electron chi connectivity index (χ4n) is 3.48. The van der Waals surface area contributed by atoms with Crippen molar-refractivity contribution < 1.29 is 13.2 Å². The second-order valence-corrected chi connectivity index (χ2v) is 10.2. The molecule has 0 saturated carbocycles. The molecule has 7 nitrogen and oxygen atoms in total. The number of sulfonamides is 1. The van der Waals surface area contributed by atoms with Gasteiger partial charge < -0.3 is 5.32 Å². The highest BCUT2D eigenvalue weighted by molar-refractivity contribution is 7.92. The zero-order valence-corrected chi connectivity index (χ0v) is 19.0. The van der Waals surface area contributed by atoms with E-state index in [9.17, 15) is 13.2 Å². The van der Waals surface area contributed by atoms with E-state index in [0.29, 0.717) is 37.0 Å². The van der Waals surface area contributed by atoms with Crippen molar-refractivity contribution in [2.45, 2.75) is 45.4 Å². The van der Waals surface area contributed by atoms with Gasteiger partial charge in [0.1, 0.15) is 5.01 Å². The molecule has 9 heteroatoms. The fraction of sp³-hybridized carbons (Fsp3) is 0.476. The zero-order valence-electron chi connectivity index (χ0n) is 17.3. The number of aromatic nitrogens is 2. The van der Waals surface area contributed by atoms with Gasteiger partial charge in [-0.25, -0.2) is 8.42 Å². The summed E-state index contributed by atoms with van der Waals surface area (Å²) >= 11 is 1.42. The average molecular weight is 449 g/mol. The van der Waals surface area contributed by atoms with Crippen molar-refractivity contribution in [1.29, 1.82) is 0 Å². The predicted octanol–water partition coefficient (Wildman–Crippen LogP) is 4.09. The summed E-state index contributed by atoms with van der Waals surface area (Å²) in [5.41, 5.74) is 0.833. The van der Waals surface area contributed by atoms with Crippen molar-refractivity contribution in [1.82, 2.24) is 14.5 Å². The van der Waals surface area contributed by atoms with Gasteiger partial charge in [-0.15, -0.1) is 10.2 Å². The molecule has 0 radical (unpaired) electrons. The first-order chi connectivity index (χ1) is 14.4. The van der Waals surface area contributed by atoms with Crippen LogP contribution < -0.4 is 5.32 Å². The quantitative estimate of drug-likeness (QED) is 0.656. The molecule has 1 amide bonds. The van der Waals surface area contributed by atoms with Crippen molar-refractivity contribution in [2.24, 2.45) is 5.92 Å². The molecule has 0 aliphatic carbocycles. The molecule has 1 aromatic heterocycles. The van der Waals surface area contributed by atoms with E-state index in [1.165, 1.54) is 21.1 Å². The summed E-state index contributed by atoms with van der Waals surface area (Å²) in [6.45, 7) is 4.89. The summed E-state index contributed by atoms with van der Waals surface area (Å²) in [7, 11) is -3.50. The summed E-state index contributed by atoms with van der Waals surface area (Å²) in [6.07, 6.45) is 4.56. The summed E-state index contributed by atoms with van der Waals surface area (Å²) in [5.74, 6) is 0.0275. The number of piperidine rings is 1. The molecular formula is C21H28N4O3S2. The van der Waals surface area contributed by atoms with Gasteiger partial charge in [-0.05, 0) is 37.3 Å². The van der Waals surface area contributed by atoms with Crippen LogP contribution in [0.5, 0.6) is 0 Å². The van der Waals surface area contributed by atoms with Gasteiger partial charge >= 0.3 is 0 Å². The van der Waals surface area contributed by atoms with Crippen LogP contribution in [0.2, 0.25) is 0 Å². The number of amides is 1. The van der Waals surface area contributed by atoms with E-state index < -0.39 is 10.0 Å². The fourth-order valence-corrected chi connectivity index (χ4v) is 5.72. The van der Waals surface area contributed by atoms with E-state index in [0.717, 1.165) is 23.4 Å². The van der Waals surface area contributed by atoms with Gasteiger partial charge in [-0.3, -0.25) is 4.79 Å². The van der Waals surface area contributed by atoms with Crippen molar-refractivity contribution in [3.8, 4) is 0 Å². The van der Waals surface area contributed by atoms with Gasteiger partial charge in [-0.2, -0.15) is 4.31 Å². The smallest absolute Gasteiger partial charge is 0.236 e. The van der Waals surface area contributed by atoms with Gasteiger partial charge in [0, 0.05) is 30.3 Å². The van der Waals surface area contributed by atoms with E-state index in [4.69, 9.17) is 0 Å². The van der Waals surface area contributed by atoms with E-state index in [-0.39, 0.29) is 11.8 Å². The highest BCUT2D eigenvalue weighted by Gasteiger charge is 2.30. The highest BCUT2D eigenvalue weighted by Crippen LogP contribution is 2.29.